The molecule has 0 aliphatic carbocycles. The van der Waals surface area contributed by atoms with Crippen molar-refractivity contribution in [1.29, 1.82) is 0 Å². The van der Waals surface area contributed by atoms with Gasteiger partial charge in [-0.2, -0.15) is 0 Å². The maximum Gasteiger partial charge on any atom is 0.106 e. The predicted octanol–water partition coefficient (Wildman–Crippen LogP) is 2.51. The highest BCUT2D eigenvalue weighted by molar-refractivity contribution is 6.33. The zero-order chi connectivity index (χ0) is 9.56. The van der Waals surface area contributed by atoms with Crippen LogP contribution >= 0.6 is 11.6 Å². The van der Waals surface area contributed by atoms with Crippen LogP contribution in [0.2, 0.25) is 5.02 Å². The van der Waals surface area contributed by atoms with Crippen molar-refractivity contribution in [1.82, 2.24) is 0 Å². The van der Waals surface area contributed by atoms with E-state index < -0.39 is 0 Å². The Hall–Kier alpha value is -1.02. The summed E-state index contributed by atoms with van der Waals surface area (Å²) < 4.78 is 0. The zero-order valence-corrected chi connectivity index (χ0v) is 7.98. The normalized spacial score (nSPS) is 8.25. The van der Waals surface area contributed by atoms with Crippen LogP contribution in [-0.2, 0) is 4.79 Å². The van der Waals surface area contributed by atoms with Crippen molar-refractivity contribution in [2.45, 2.75) is 6.92 Å². The highest BCUT2D eigenvalue weighted by atomic mass is 35.5. The summed E-state index contributed by atoms with van der Waals surface area (Å²) in [4.78, 5) is 8.00. The number of hydrogen-bond acceptors (Lipinski definition) is 2. The van der Waals surface area contributed by atoms with Crippen molar-refractivity contribution < 1.29 is 4.79 Å². The minimum absolute atomic E-state index is 0.780. The molecular formula is C9H12ClNO. The van der Waals surface area contributed by atoms with Gasteiger partial charge in [-0.05, 0) is 24.6 Å². The lowest BCUT2D eigenvalue weighted by Gasteiger charge is -2.02. The Balaban J connectivity index is 0.000000561. The van der Waals surface area contributed by atoms with E-state index in [1.54, 1.807) is 0 Å². The minimum Gasteiger partial charge on any atom is -0.387 e. The summed E-state index contributed by atoms with van der Waals surface area (Å²) >= 11 is 5.87. The van der Waals surface area contributed by atoms with E-state index in [0.717, 1.165) is 10.7 Å². The monoisotopic (exact) mass is 185 g/mol. The summed E-state index contributed by atoms with van der Waals surface area (Å²) in [5, 5.41) is 3.77. The molecule has 0 saturated heterocycles. The van der Waals surface area contributed by atoms with E-state index >= 15 is 0 Å². The lowest BCUT2D eigenvalue weighted by molar-refractivity contribution is -0.0979. The molecule has 0 radical (unpaired) electrons. The smallest absolute Gasteiger partial charge is 0.106 e. The second-order valence-corrected chi connectivity index (χ2v) is 2.64. The summed E-state index contributed by atoms with van der Waals surface area (Å²) in [7, 11) is 1.86. The molecular weight excluding hydrogens is 174 g/mol. The van der Waals surface area contributed by atoms with E-state index in [9.17, 15) is 0 Å². The molecule has 0 amide bonds. The summed E-state index contributed by atoms with van der Waals surface area (Å²) in [6, 6.07) is 5.93. The minimum atomic E-state index is 0.780. The fourth-order valence-electron chi connectivity index (χ4n) is 0.823. The summed E-state index contributed by atoms with van der Waals surface area (Å²) in [6.45, 7) is 4.02. The number of rotatable bonds is 1. The van der Waals surface area contributed by atoms with Gasteiger partial charge in [0.25, 0.3) is 0 Å². The number of benzene rings is 1. The molecule has 0 fully saturated rings. The van der Waals surface area contributed by atoms with Crippen LogP contribution < -0.4 is 5.32 Å². The van der Waals surface area contributed by atoms with E-state index in [1.165, 1.54) is 5.56 Å². The van der Waals surface area contributed by atoms with E-state index in [2.05, 4.69) is 5.32 Å². The Morgan fingerprint density at radius 1 is 1.42 bits per heavy atom. The molecule has 0 heterocycles. The molecule has 12 heavy (non-hydrogen) atoms. The van der Waals surface area contributed by atoms with Crippen LogP contribution in [0.15, 0.2) is 18.2 Å². The van der Waals surface area contributed by atoms with Crippen LogP contribution in [0.4, 0.5) is 5.69 Å². The highest BCUT2D eigenvalue weighted by Crippen LogP contribution is 2.21. The number of halogens is 1. The van der Waals surface area contributed by atoms with Gasteiger partial charge < -0.3 is 10.1 Å². The van der Waals surface area contributed by atoms with E-state index in [0.29, 0.717) is 0 Å². The quantitative estimate of drug-likeness (QED) is 0.729. The van der Waals surface area contributed by atoms with Crippen molar-refractivity contribution in [3.63, 3.8) is 0 Å². The highest BCUT2D eigenvalue weighted by Gasteiger charge is 1.95. The second kappa shape index (κ2) is 5.61. The van der Waals surface area contributed by atoms with Crippen LogP contribution in [0.1, 0.15) is 5.56 Å². The van der Waals surface area contributed by atoms with Gasteiger partial charge >= 0.3 is 0 Å². The van der Waals surface area contributed by atoms with Crippen LogP contribution in [0.5, 0.6) is 0 Å². The molecule has 1 N–H and O–H groups in total. The predicted molar refractivity (Wildman–Crippen MR) is 52.9 cm³/mol. The lowest BCUT2D eigenvalue weighted by atomic mass is 10.2. The maximum absolute atomic E-state index is 8.00. The molecule has 1 aromatic rings. The van der Waals surface area contributed by atoms with Gasteiger partial charge in [-0.3, -0.25) is 0 Å². The first kappa shape index (κ1) is 11.0. The average molecular weight is 186 g/mol. The first-order valence-electron chi connectivity index (χ1n) is 3.47. The Morgan fingerprint density at radius 2 is 2.00 bits per heavy atom. The number of hydrogen-bond donors (Lipinski definition) is 1. The van der Waals surface area contributed by atoms with Gasteiger partial charge in [0.2, 0.25) is 0 Å². The zero-order valence-electron chi connectivity index (χ0n) is 7.23. The van der Waals surface area contributed by atoms with Crippen molar-refractivity contribution in [2.24, 2.45) is 0 Å². The lowest BCUT2D eigenvalue weighted by Crippen LogP contribution is -1.88. The Morgan fingerprint density at radius 3 is 2.42 bits per heavy atom. The molecule has 2 nitrogen and oxygen atoms in total. The molecule has 0 aliphatic heterocycles. The van der Waals surface area contributed by atoms with Crippen LogP contribution in [0.25, 0.3) is 0 Å². The number of carbonyl (C=O) groups is 1. The van der Waals surface area contributed by atoms with Crippen LogP contribution in [0.3, 0.4) is 0 Å². The molecule has 0 aliphatic rings. The van der Waals surface area contributed by atoms with Crippen LogP contribution in [-0.4, -0.2) is 13.8 Å². The average Bonchev–Trinajstić information content (AvgIpc) is 2.08. The fourth-order valence-corrected chi connectivity index (χ4v) is 1.15. The molecule has 0 aromatic heterocycles. The van der Waals surface area contributed by atoms with Crippen molar-refractivity contribution in [3.05, 3.63) is 28.8 Å². The molecule has 0 unspecified atom stereocenters. The van der Waals surface area contributed by atoms with E-state index in [4.69, 9.17) is 16.4 Å². The second-order valence-electron chi connectivity index (χ2n) is 2.23. The van der Waals surface area contributed by atoms with Crippen LogP contribution in [0, 0.1) is 6.92 Å². The Kier molecular flexibility index (Phi) is 5.13. The third kappa shape index (κ3) is 2.93. The van der Waals surface area contributed by atoms with E-state index in [1.807, 2.05) is 39.0 Å². The SMILES string of the molecule is C=O.CNc1ccc(C)cc1Cl. The van der Waals surface area contributed by atoms with Gasteiger partial charge in [-0.15, -0.1) is 0 Å². The number of carbonyl (C=O) groups excluding carboxylic acids is 1. The van der Waals surface area contributed by atoms with Gasteiger partial charge in [0, 0.05) is 7.05 Å². The van der Waals surface area contributed by atoms with Gasteiger partial charge in [0.15, 0.2) is 0 Å². The maximum atomic E-state index is 8.00. The number of anilines is 1. The fraction of sp³-hybridized carbons (Fsp3) is 0.222. The van der Waals surface area contributed by atoms with Gasteiger partial charge in [0.05, 0.1) is 10.7 Å². The third-order valence-electron chi connectivity index (χ3n) is 1.39. The topological polar surface area (TPSA) is 29.1 Å². The van der Waals surface area contributed by atoms with Gasteiger partial charge in [-0.1, -0.05) is 17.7 Å². The summed E-state index contributed by atoms with van der Waals surface area (Å²) in [5.41, 5.74) is 2.16. The van der Waals surface area contributed by atoms with Crippen molar-refractivity contribution >= 4 is 24.1 Å². The molecule has 1 aromatic carbocycles. The Bertz CT molecular complexity index is 250. The third-order valence-corrected chi connectivity index (χ3v) is 1.71. The molecule has 0 bridgehead atoms. The number of aryl methyl sites for hydroxylation is 1. The summed E-state index contributed by atoms with van der Waals surface area (Å²) in [5.74, 6) is 0. The van der Waals surface area contributed by atoms with Gasteiger partial charge in [0.1, 0.15) is 6.79 Å². The standard InChI is InChI=1S/C8H10ClN.CH2O/c1-6-3-4-8(10-2)7(9)5-6;1-2/h3-5,10H,1-2H3;1H2. The molecule has 3 heteroatoms. The largest absolute Gasteiger partial charge is 0.387 e. The first-order valence-corrected chi connectivity index (χ1v) is 3.84. The molecule has 0 atom stereocenters. The van der Waals surface area contributed by atoms with E-state index in [-0.39, 0.29) is 0 Å². The van der Waals surface area contributed by atoms with Crippen molar-refractivity contribution in [2.75, 3.05) is 12.4 Å². The van der Waals surface area contributed by atoms with Gasteiger partial charge in [-0.25, -0.2) is 0 Å². The molecule has 66 valence electrons. The van der Waals surface area contributed by atoms with Crippen molar-refractivity contribution in [3.8, 4) is 0 Å². The Labute approximate surface area is 77.5 Å². The molecule has 1 rings (SSSR count). The summed E-state index contributed by atoms with van der Waals surface area (Å²) in [6.07, 6.45) is 0. The first-order chi connectivity index (χ1) is 5.74. The molecule has 0 saturated carbocycles. The molecule has 0 spiro atoms. The number of nitrogens with one attached hydrogen (secondary N) is 1.